The first kappa shape index (κ1) is 14.8. The molecule has 1 aromatic carbocycles. The first-order chi connectivity index (χ1) is 10.6. The molecule has 1 aliphatic carbocycles. The minimum absolute atomic E-state index is 0.521. The van der Waals surface area contributed by atoms with E-state index >= 15 is 0 Å². The predicted molar refractivity (Wildman–Crippen MR) is 89.6 cm³/mol. The maximum atomic E-state index is 4.54. The van der Waals surface area contributed by atoms with Crippen molar-refractivity contribution >= 4 is 17.5 Å². The third-order valence-corrected chi connectivity index (χ3v) is 4.18. The zero-order valence-corrected chi connectivity index (χ0v) is 13.5. The molecular formula is C17H23N5. The van der Waals surface area contributed by atoms with E-state index in [9.17, 15) is 0 Å². The van der Waals surface area contributed by atoms with E-state index in [0.29, 0.717) is 12.0 Å². The molecule has 1 aromatic heterocycles. The molecule has 0 aliphatic heterocycles. The van der Waals surface area contributed by atoms with Gasteiger partial charge in [0.25, 0.3) is 0 Å². The fraction of sp³-hybridized carbons (Fsp3) is 0.471. The molecule has 1 heterocycles. The van der Waals surface area contributed by atoms with Crippen LogP contribution in [0, 0.1) is 20.8 Å². The van der Waals surface area contributed by atoms with Gasteiger partial charge < -0.3 is 10.6 Å². The van der Waals surface area contributed by atoms with Crippen LogP contribution in [0.1, 0.15) is 42.4 Å². The lowest BCUT2D eigenvalue weighted by molar-refractivity contribution is 0.747. The summed E-state index contributed by atoms with van der Waals surface area (Å²) in [7, 11) is 0. The second kappa shape index (κ2) is 6.30. The maximum absolute atomic E-state index is 4.54. The highest BCUT2D eigenvalue weighted by Gasteiger charge is 2.15. The molecule has 3 rings (SSSR count). The van der Waals surface area contributed by atoms with E-state index < -0.39 is 0 Å². The lowest BCUT2D eigenvalue weighted by Crippen LogP contribution is -2.16. The number of nitrogens with one attached hydrogen (secondary N) is 2. The number of aromatic nitrogens is 3. The molecule has 116 valence electrons. The van der Waals surface area contributed by atoms with E-state index in [0.717, 1.165) is 11.5 Å². The highest BCUT2D eigenvalue weighted by molar-refractivity contribution is 5.64. The number of hydrogen-bond donors (Lipinski definition) is 2. The summed E-state index contributed by atoms with van der Waals surface area (Å²) in [6.45, 7) is 6.29. The minimum atomic E-state index is 0.521. The molecule has 0 unspecified atom stereocenters. The molecule has 0 spiro atoms. The highest BCUT2D eigenvalue weighted by Crippen LogP contribution is 2.25. The van der Waals surface area contributed by atoms with Crippen molar-refractivity contribution in [3.05, 3.63) is 35.0 Å². The minimum Gasteiger partial charge on any atom is -0.366 e. The summed E-state index contributed by atoms with van der Waals surface area (Å²) in [6, 6.07) is 4.83. The second-order valence-electron chi connectivity index (χ2n) is 6.19. The maximum Gasteiger partial charge on any atom is 0.249 e. The number of hydrogen-bond acceptors (Lipinski definition) is 5. The third kappa shape index (κ3) is 3.35. The van der Waals surface area contributed by atoms with Crippen LogP contribution in [-0.4, -0.2) is 21.2 Å². The van der Waals surface area contributed by atoms with Gasteiger partial charge in [0.2, 0.25) is 5.95 Å². The number of aryl methyl sites for hydroxylation is 3. The van der Waals surface area contributed by atoms with Gasteiger partial charge in [0, 0.05) is 11.7 Å². The predicted octanol–water partition coefficient (Wildman–Crippen LogP) is 3.89. The average molecular weight is 297 g/mol. The van der Waals surface area contributed by atoms with Crippen molar-refractivity contribution in [2.24, 2.45) is 0 Å². The van der Waals surface area contributed by atoms with Crippen LogP contribution < -0.4 is 10.6 Å². The molecule has 1 saturated carbocycles. The van der Waals surface area contributed by atoms with Crippen molar-refractivity contribution in [2.45, 2.75) is 52.5 Å². The van der Waals surface area contributed by atoms with Crippen LogP contribution in [0.3, 0.4) is 0 Å². The van der Waals surface area contributed by atoms with Gasteiger partial charge in [0.15, 0.2) is 5.82 Å². The molecular weight excluding hydrogens is 274 g/mol. The molecule has 5 heteroatoms. The standard InChI is InChI=1S/C17H23N5/c1-11-8-12(2)16(13(3)9-11)21-17-20-15(10-18-22-17)19-14-6-4-5-7-14/h8-10,14H,4-7H2,1-3H3,(H2,19,20,21,22). The van der Waals surface area contributed by atoms with Gasteiger partial charge in [-0.15, -0.1) is 5.10 Å². The van der Waals surface area contributed by atoms with Crippen LogP contribution in [0.15, 0.2) is 18.3 Å². The molecule has 2 N–H and O–H groups in total. The summed E-state index contributed by atoms with van der Waals surface area (Å²) in [5, 5.41) is 14.9. The lowest BCUT2D eigenvalue weighted by atomic mass is 10.1. The van der Waals surface area contributed by atoms with E-state index in [1.54, 1.807) is 6.20 Å². The molecule has 1 aliphatic rings. The Morgan fingerprint density at radius 2 is 1.73 bits per heavy atom. The van der Waals surface area contributed by atoms with Crippen LogP contribution in [-0.2, 0) is 0 Å². The smallest absolute Gasteiger partial charge is 0.249 e. The molecule has 5 nitrogen and oxygen atoms in total. The van der Waals surface area contributed by atoms with E-state index in [2.05, 4.69) is 58.7 Å². The normalized spacial score (nSPS) is 15.0. The molecule has 1 fully saturated rings. The third-order valence-electron chi connectivity index (χ3n) is 4.18. The second-order valence-corrected chi connectivity index (χ2v) is 6.19. The van der Waals surface area contributed by atoms with Crippen molar-refractivity contribution in [1.29, 1.82) is 0 Å². The van der Waals surface area contributed by atoms with E-state index in [1.165, 1.54) is 42.4 Å². The van der Waals surface area contributed by atoms with Crippen LogP contribution in [0.4, 0.5) is 17.5 Å². The SMILES string of the molecule is Cc1cc(C)c(Nc2nncc(NC3CCCC3)n2)c(C)c1. The molecule has 0 bridgehead atoms. The van der Waals surface area contributed by atoms with Crippen molar-refractivity contribution in [3.8, 4) is 0 Å². The van der Waals surface area contributed by atoms with Crippen molar-refractivity contribution in [2.75, 3.05) is 10.6 Å². The summed E-state index contributed by atoms with van der Waals surface area (Å²) in [5.74, 6) is 1.34. The van der Waals surface area contributed by atoms with Crippen molar-refractivity contribution in [3.63, 3.8) is 0 Å². The fourth-order valence-electron chi connectivity index (χ4n) is 3.19. The molecule has 0 amide bonds. The zero-order valence-electron chi connectivity index (χ0n) is 13.5. The van der Waals surface area contributed by atoms with Crippen molar-refractivity contribution in [1.82, 2.24) is 15.2 Å². The summed E-state index contributed by atoms with van der Waals surface area (Å²) in [5.41, 5.74) is 4.70. The van der Waals surface area contributed by atoms with Gasteiger partial charge in [-0.1, -0.05) is 30.5 Å². The number of nitrogens with zero attached hydrogens (tertiary/aromatic N) is 3. The Hall–Kier alpha value is -2.17. The summed E-state index contributed by atoms with van der Waals surface area (Å²) in [6.07, 6.45) is 6.70. The first-order valence-electron chi connectivity index (χ1n) is 7.93. The van der Waals surface area contributed by atoms with Crippen LogP contribution in [0.2, 0.25) is 0 Å². The highest BCUT2D eigenvalue weighted by atomic mass is 15.3. The Labute approximate surface area is 131 Å². The van der Waals surface area contributed by atoms with E-state index in [4.69, 9.17) is 0 Å². The Bertz CT molecular complexity index is 639. The van der Waals surface area contributed by atoms with Gasteiger partial charge in [-0.3, -0.25) is 0 Å². The van der Waals surface area contributed by atoms with E-state index in [-0.39, 0.29) is 0 Å². The first-order valence-corrected chi connectivity index (χ1v) is 7.93. The summed E-state index contributed by atoms with van der Waals surface area (Å²) < 4.78 is 0. The van der Waals surface area contributed by atoms with Crippen LogP contribution >= 0.6 is 0 Å². The number of benzene rings is 1. The monoisotopic (exact) mass is 297 g/mol. The zero-order chi connectivity index (χ0) is 15.5. The van der Waals surface area contributed by atoms with E-state index in [1.807, 2.05) is 0 Å². The Balaban J connectivity index is 1.78. The topological polar surface area (TPSA) is 62.7 Å². The van der Waals surface area contributed by atoms with Gasteiger partial charge in [-0.05, 0) is 44.7 Å². The fourth-order valence-corrected chi connectivity index (χ4v) is 3.19. The quantitative estimate of drug-likeness (QED) is 0.896. The Morgan fingerprint density at radius 3 is 2.41 bits per heavy atom. The summed E-state index contributed by atoms with van der Waals surface area (Å²) in [4.78, 5) is 4.54. The number of rotatable bonds is 4. The van der Waals surface area contributed by atoms with Crippen LogP contribution in [0.25, 0.3) is 0 Å². The Kier molecular flexibility index (Phi) is 4.22. The molecule has 2 aromatic rings. The number of anilines is 3. The lowest BCUT2D eigenvalue weighted by Gasteiger charge is -2.14. The van der Waals surface area contributed by atoms with Gasteiger partial charge in [-0.2, -0.15) is 10.1 Å². The van der Waals surface area contributed by atoms with Crippen LogP contribution in [0.5, 0.6) is 0 Å². The molecule has 0 saturated heterocycles. The average Bonchev–Trinajstić information content (AvgIpc) is 2.96. The van der Waals surface area contributed by atoms with Crippen molar-refractivity contribution < 1.29 is 0 Å². The molecule has 0 radical (unpaired) electrons. The van der Waals surface area contributed by atoms with Gasteiger partial charge in [0.1, 0.15) is 0 Å². The Morgan fingerprint density at radius 1 is 1.05 bits per heavy atom. The summed E-state index contributed by atoms with van der Waals surface area (Å²) >= 11 is 0. The van der Waals surface area contributed by atoms with Gasteiger partial charge >= 0.3 is 0 Å². The molecule has 0 atom stereocenters. The van der Waals surface area contributed by atoms with Gasteiger partial charge in [-0.25, -0.2) is 0 Å². The largest absolute Gasteiger partial charge is 0.366 e. The van der Waals surface area contributed by atoms with Gasteiger partial charge in [0.05, 0.1) is 6.20 Å². The molecule has 22 heavy (non-hydrogen) atoms.